The smallest absolute Gasteiger partial charge is 0.137 e. The molecule has 2 aliphatic carbocycles. The van der Waals surface area contributed by atoms with Crippen molar-refractivity contribution in [2.24, 2.45) is 0 Å². The minimum atomic E-state index is 0.850. The second-order valence-electron chi connectivity index (χ2n) is 11.8. The van der Waals surface area contributed by atoms with Gasteiger partial charge in [-0.1, -0.05) is 54.6 Å². The maximum atomic E-state index is 4.84. The molecule has 0 atom stereocenters. The summed E-state index contributed by atoms with van der Waals surface area (Å²) in [6.45, 7) is 0.850. The second-order valence-corrected chi connectivity index (χ2v) is 11.8. The molecular weight excluding hydrogens is 512 g/mol. The highest BCUT2D eigenvalue weighted by atomic mass is 15.1. The summed E-state index contributed by atoms with van der Waals surface area (Å²) < 4.78 is 4.91. The Kier molecular flexibility index (Phi) is 4.43. The van der Waals surface area contributed by atoms with Crippen molar-refractivity contribution in [3.05, 3.63) is 126 Å². The first-order chi connectivity index (χ1) is 20.9. The Hall–Kier alpha value is -5.09. The molecule has 7 aromatic rings. The quantitative estimate of drug-likeness (QED) is 0.240. The Bertz CT molecular complexity index is 2350. The number of pyridine rings is 1. The summed E-state index contributed by atoms with van der Waals surface area (Å²) in [5, 5.41) is 9.05. The molecule has 0 bridgehead atoms. The number of nitrogens with one attached hydrogen (secondary N) is 1. The topological polar surface area (TPSA) is 34.8 Å². The van der Waals surface area contributed by atoms with E-state index in [4.69, 9.17) is 4.98 Å². The monoisotopic (exact) mass is 540 g/mol. The summed E-state index contributed by atoms with van der Waals surface area (Å²) in [5.41, 5.74) is 14.2. The number of hydrogen-bond donors (Lipinski definition) is 1. The predicted octanol–water partition coefficient (Wildman–Crippen LogP) is 8.11. The van der Waals surface area contributed by atoms with E-state index in [9.17, 15) is 0 Å². The zero-order valence-electron chi connectivity index (χ0n) is 23.2. The maximum absolute atomic E-state index is 4.84. The van der Waals surface area contributed by atoms with Crippen LogP contribution >= 0.6 is 0 Å². The van der Waals surface area contributed by atoms with E-state index in [-0.39, 0.29) is 0 Å². The van der Waals surface area contributed by atoms with Gasteiger partial charge in [-0.15, -0.1) is 0 Å². The second kappa shape index (κ2) is 8.23. The number of aromatic nitrogens is 3. The molecule has 0 unspecified atom stereocenters. The minimum Gasteiger partial charge on any atom is -0.368 e. The van der Waals surface area contributed by atoms with Crippen LogP contribution in [0.3, 0.4) is 0 Å². The van der Waals surface area contributed by atoms with Gasteiger partial charge < -0.3 is 5.32 Å². The molecule has 3 aromatic heterocycles. The van der Waals surface area contributed by atoms with Gasteiger partial charge in [-0.05, 0) is 102 Å². The summed E-state index contributed by atoms with van der Waals surface area (Å²) in [7, 11) is 0. The fourth-order valence-corrected chi connectivity index (χ4v) is 8.13. The van der Waals surface area contributed by atoms with Crippen LogP contribution in [0.2, 0.25) is 0 Å². The standard InChI is InChI=1S/C38H28N4/c1-3-11-31-25(9-1)29-21-23-15-18-28-36-24(16-17-27(35(23)36)37(29)41(31)33-13-5-7-19-39-33)22-30-26-10-2-4-12-32(26)42(38(28)30)34-14-6-8-20-40-34/h1-14,19,21-22,40H,15-18,20H2. The van der Waals surface area contributed by atoms with E-state index in [1.165, 1.54) is 77.0 Å². The van der Waals surface area contributed by atoms with Gasteiger partial charge in [0.25, 0.3) is 0 Å². The molecule has 0 amide bonds. The number of dihydropyridines is 1. The van der Waals surface area contributed by atoms with Gasteiger partial charge in [0.15, 0.2) is 0 Å². The number of hydrogen-bond acceptors (Lipinski definition) is 2. The van der Waals surface area contributed by atoms with Crippen molar-refractivity contribution in [1.29, 1.82) is 0 Å². The van der Waals surface area contributed by atoms with Crippen molar-refractivity contribution >= 4 is 49.4 Å². The Morgan fingerprint density at radius 3 is 1.86 bits per heavy atom. The van der Waals surface area contributed by atoms with E-state index in [0.29, 0.717) is 0 Å². The largest absolute Gasteiger partial charge is 0.368 e. The summed E-state index contributed by atoms with van der Waals surface area (Å²) in [5.74, 6) is 2.15. The number of nitrogens with zero attached hydrogens (tertiary/aromatic N) is 3. The van der Waals surface area contributed by atoms with Gasteiger partial charge in [0.2, 0.25) is 0 Å². The van der Waals surface area contributed by atoms with Gasteiger partial charge in [-0.2, -0.15) is 0 Å². The highest BCUT2D eigenvalue weighted by Crippen LogP contribution is 2.50. The molecule has 4 nitrogen and oxygen atoms in total. The zero-order chi connectivity index (χ0) is 27.4. The number of rotatable bonds is 2. The minimum absolute atomic E-state index is 0.850. The lowest BCUT2D eigenvalue weighted by molar-refractivity contribution is 0.876. The molecule has 0 radical (unpaired) electrons. The van der Waals surface area contributed by atoms with Crippen LogP contribution in [-0.4, -0.2) is 20.7 Å². The lowest BCUT2D eigenvalue weighted by Crippen LogP contribution is -2.21. The third-order valence-electron chi connectivity index (χ3n) is 9.73. The molecule has 0 saturated carbocycles. The van der Waals surface area contributed by atoms with Crippen molar-refractivity contribution in [2.45, 2.75) is 25.7 Å². The molecule has 200 valence electrons. The fraction of sp³-hybridized carbons (Fsp3) is 0.132. The van der Waals surface area contributed by atoms with Crippen LogP contribution in [0.1, 0.15) is 22.3 Å². The lowest BCUT2D eigenvalue weighted by Gasteiger charge is -2.31. The molecule has 4 heteroatoms. The summed E-state index contributed by atoms with van der Waals surface area (Å²) >= 11 is 0. The van der Waals surface area contributed by atoms with Crippen LogP contribution in [0.25, 0.3) is 66.4 Å². The van der Waals surface area contributed by atoms with Gasteiger partial charge in [0.05, 0.1) is 22.1 Å². The molecule has 0 fully saturated rings. The van der Waals surface area contributed by atoms with E-state index in [2.05, 4.69) is 105 Å². The molecule has 42 heavy (non-hydrogen) atoms. The Morgan fingerprint density at radius 2 is 1.24 bits per heavy atom. The summed E-state index contributed by atoms with van der Waals surface area (Å²) in [6, 6.07) is 29.0. The number of para-hydroxylation sites is 2. The molecular formula is C38H28N4. The zero-order valence-corrected chi connectivity index (χ0v) is 23.2. The average molecular weight is 541 g/mol. The van der Waals surface area contributed by atoms with Crippen LogP contribution < -0.4 is 5.32 Å². The van der Waals surface area contributed by atoms with E-state index in [1.54, 1.807) is 0 Å². The van der Waals surface area contributed by atoms with Crippen molar-refractivity contribution in [1.82, 2.24) is 19.4 Å². The van der Waals surface area contributed by atoms with Crippen LogP contribution in [-0.2, 0) is 25.7 Å². The number of fused-ring (bicyclic) bond motifs is 8. The fourth-order valence-electron chi connectivity index (χ4n) is 8.13. The van der Waals surface area contributed by atoms with Crippen LogP contribution in [0, 0.1) is 0 Å². The molecule has 0 saturated heterocycles. The van der Waals surface area contributed by atoms with Gasteiger partial charge in [0.1, 0.15) is 11.6 Å². The molecule has 1 N–H and O–H groups in total. The van der Waals surface area contributed by atoms with Crippen molar-refractivity contribution in [3.63, 3.8) is 0 Å². The van der Waals surface area contributed by atoms with Crippen molar-refractivity contribution in [2.75, 3.05) is 6.54 Å². The molecule has 3 aliphatic rings. The highest BCUT2D eigenvalue weighted by Gasteiger charge is 2.33. The Morgan fingerprint density at radius 1 is 0.619 bits per heavy atom. The molecule has 4 aromatic carbocycles. The van der Waals surface area contributed by atoms with Crippen molar-refractivity contribution in [3.8, 4) is 16.9 Å². The first-order valence-corrected chi connectivity index (χ1v) is 15.1. The van der Waals surface area contributed by atoms with Crippen LogP contribution in [0.4, 0.5) is 0 Å². The average Bonchev–Trinajstić information content (AvgIpc) is 3.57. The molecule has 1 aliphatic heterocycles. The number of benzene rings is 4. The lowest BCUT2D eigenvalue weighted by atomic mass is 9.74. The Balaban J connectivity index is 1.36. The number of allylic oxidation sites excluding steroid dienone is 2. The third kappa shape index (κ3) is 2.84. The van der Waals surface area contributed by atoms with E-state index in [0.717, 1.165) is 43.9 Å². The van der Waals surface area contributed by atoms with Gasteiger partial charge in [-0.25, -0.2) is 4.98 Å². The van der Waals surface area contributed by atoms with E-state index < -0.39 is 0 Å². The first kappa shape index (κ1) is 22.6. The molecule has 0 spiro atoms. The van der Waals surface area contributed by atoms with Gasteiger partial charge in [-0.3, -0.25) is 9.13 Å². The Labute approximate surface area is 243 Å². The molecule has 10 rings (SSSR count). The summed E-state index contributed by atoms with van der Waals surface area (Å²) in [6.07, 6.45) is 12.7. The van der Waals surface area contributed by atoms with Gasteiger partial charge >= 0.3 is 0 Å². The highest BCUT2D eigenvalue weighted by molar-refractivity contribution is 6.16. The van der Waals surface area contributed by atoms with Crippen LogP contribution in [0.5, 0.6) is 0 Å². The normalized spacial score (nSPS) is 15.4. The van der Waals surface area contributed by atoms with Gasteiger partial charge in [0, 0.05) is 34.3 Å². The number of aryl methyl sites for hydroxylation is 4. The maximum Gasteiger partial charge on any atom is 0.137 e. The van der Waals surface area contributed by atoms with Crippen LogP contribution in [0.15, 0.2) is 103 Å². The SMILES string of the molecule is C1=CCNC(n2c3ccccc3c3cc4c5c(c32)CCc2cc3c6ccccc6n(-c6ccccn6)c3c(c2-5)CC4)=C1. The van der Waals surface area contributed by atoms with E-state index >= 15 is 0 Å². The third-order valence-corrected chi connectivity index (χ3v) is 9.73. The van der Waals surface area contributed by atoms with E-state index in [1.807, 2.05) is 12.3 Å². The molecule has 4 heterocycles. The van der Waals surface area contributed by atoms with Crippen molar-refractivity contribution < 1.29 is 0 Å². The predicted molar refractivity (Wildman–Crippen MR) is 173 cm³/mol. The first-order valence-electron chi connectivity index (χ1n) is 15.1. The summed E-state index contributed by atoms with van der Waals surface area (Å²) in [4.78, 5) is 4.84.